The third kappa shape index (κ3) is 12.9. The highest BCUT2D eigenvalue weighted by Gasteiger charge is 2.19. The van der Waals surface area contributed by atoms with Gasteiger partial charge in [-0.2, -0.15) is 0 Å². The topological polar surface area (TPSA) is 54.4 Å². The normalized spacial score (nSPS) is 11.3. The lowest BCUT2D eigenvalue weighted by Gasteiger charge is -2.11. The van der Waals surface area contributed by atoms with Gasteiger partial charge in [-0.1, -0.05) is 59.6 Å². The van der Waals surface area contributed by atoms with Crippen molar-refractivity contribution in [3.8, 4) is 0 Å². The largest absolute Gasteiger partial charge is 0.481 e. The van der Waals surface area contributed by atoms with E-state index in [9.17, 15) is 9.59 Å². The fourth-order valence-electron chi connectivity index (χ4n) is 1.30. The standard InChI is InChI=1S/C10H16O3.C3H8.C2H6/c1-3-5-8(4-2)9(6-7-11)10(12)13;1-3-2;1-2/h5,7,9H,3-4,6H2,1-2H3,(H,12,13);3H2,1-2H3;1-2H3/b8-5+;;/t9-;;/m1../s1. The van der Waals surface area contributed by atoms with Crippen LogP contribution < -0.4 is 0 Å². The number of carbonyl (C=O) groups excluding carboxylic acids is 1. The minimum atomic E-state index is -0.909. The highest BCUT2D eigenvalue weighted by molar-refractivity contribution is 5.76. The Hall–Kier alpha value is -1.12. The molecule has 0 aliphatic carbocycles. The molecule has 0 aromatic rings. The molecule has 0 saturated carbocycles. The highest BCUT2D eigenvalue weighted by Crippen LogP contribution is 2.18. The molecule has 0 aromatic heterocycles. The SMILES string of the molecule is CC.CC/C=C(\CC)[C@@H](CC=O)C(=O)O.CCC. The molecule has 0 bridgehead atoms. The summed E-state index contributed by atoms with van der Waals surface area (Å²) in [6, 6.07) is 0. The van der Waals surface area contributed by atoms with E-state index < -0.39 is 11.9 Å². The molecular formula is C15H30O3. The minimum absolute atomic E-state index is 0.0784. The molecule has 0 rings (SSSR count). The molecule has 1 N–H and O–H groups in total. The Labute approximate surface area is 112 Å². The zero-order valence-electron chi connectivity index (χ0n) is 12.8. The number of aliphatic carboxylic acids is 1. The van der Waals surface area contributed by atoms with E-state index in [2.05, 4.69) is 13.8 Å². The van der Waals surface area contributed by atoms with Gasteiger partial charge in [0, 0.05) is 6.42 Å². The molecule has 3 heteroatoms. The average molecular weight is 258 g/mol. The summed E-state index contributed by atoms with van der Waals surface area (Å²) >= 11 is 0. The number of allylic oxidation sites excluding steroid dienone is 1. The lowest BCUT2D eigenvalue weighted by Crippen LogP contribution is -2.16. The van der Waals surface area contributed by atoms with Crippen LogP contribution in [-0.4, -0.2) is 17.4 Å². The van der Waals surface area contributed by atoms with Crippen molar-refractivity contribution in [3.05, 3.63) is 11.6 Å². The van der Waals surface area contributed by atoms with Gasteiger partial charge in [0.1, 0.15) is 6.29 Å². The van der Waals surface area contributed by atoms with E-state index in [1.165, 1.54) is 6.42 Å². The summed E-state index contributed by atoms with van der Waals surface area (Å²) in [6.07, 6.45) is 5.39. The summed E-state index contributed by atoms with van der Waals surface area (Å²) in [4.78, 5) is 21.0. The van der Waals surface area contributed by atoms with E-state index in [0.29, 0.717) is 12.7 Å². The van der Waals surface area contributed by atoms with Crippen molar-refractivity contribution in [3.63, 3.8) is 0 Å². The summed E-state index contributed by atoms with van der Waals surface area (Å²) < 4.78 is 0. The molecule has 0 aliphatic rings. The molecule has 0 radical (unpaired) electrons. The Balaban J connectivity index is -0.000000389. The Morgan fingerprint density at radius 3 is 1.83 bits per heavy atom. The minimum Gasteiger partial charge on any atom is -0.481 e. The molecule has 0 heterocycles. The van der Waals surface area contributed by atoms with Crippen LogP contribution in [0.2, 0.25) is 0 Å². The summed E-state index contributed by atoms with van der Waals surface area (Å²) in [5.41, 5.74) is 0.849. The van der Waals surface area contributed by atoms with E-state index >= 15 is 0 Å². The van der Waals surface area contributed by atoms with Gasteiger partial charge in [-0.25, -0.2) is 0 Å². The number of hydrogen-bond donors (Lipinski definition) is 1. The van der Waals surface area contributed by atoms with Crippen LogP contribution >= 0.6 is 0 Å². The van der Waals surface area contributed by atoms with Crippen molar-refractivity contribution in [2.24, 2.45) is 5.92 Å². The first-order chi connectivity index (χ1) is 8.58. The number of carboxylic acids is 1. The molecule has 1 atom stereocenters. The Morgan fingerprint density at radius 1 is 1.17 bits per heavy atom. The summed E-state index contributed by atoms with van der Waals surface area (Å²) in [5.74, 6) is -1.53. The van der Waals surface area contributed by atoms with Crippen LogP contribution in [0, 0.1) is 5.92 Å². The van der Waals surface area contributed by atoms with Gasteiger partial charge in [-0.05, 0) is 12.8 Å². The first kappa shape index (κ1) is 22.1. The number of carboxylic acid groups (broad SMARTS) is 1. The summed E-state index contributed by atoms with van der Waals surface area (Å²) in [6.45, 7) is 12.1. The number of hydrogen-bond acceptors (Lipinski definition) is 2. The molecule has 0 saturated heterocycles. The lowest BCUT2D eigenvalue weighted by atomic mass is 9.93. The Morgan fingerprint density at radius 2 is 1.61 bits per heavy atom. The first-order valence-corrected chi connectivity index (χ1v) is 6.94. The fraction of sp³-hybridized carbons (Fsp3) is 0.733. The third-order valence-corrected chi connectivity index (χ3v) is 1.95. The van der Waals surface area contributed by atoms with Gasteiger partial charge in [0.2, 0.25) is 0 Å². The van der Waals surface area contributed by atoms with Crippen LogP contribution in [0.15, 0.2) is 11.6 Å². The lowest BCUT2D eigenvalue weighted by molar-refractivity contribution is -0.141. The summed E-state index contributed by atoms with van der Waals surface area (Å²) in [5, 5.41) is 8.83. The molecule has 3 nitrogen and oxygen atoms in total. The monoisotopic (exact) mass is 258 g/mol. The molecule has 0 fully saturated rings. The van der Waals surface area contributed by atoms with Gasteiger partial charge >= 0.3 is 5.97 Å². The molecule has 0 unspecified atom stereocenters. The molecule has 0 aromatic carbocycles. The van der Waals surface area contributed by atoms with E-state index in [0.717, 1.165) is 12.0 Å². The predicted molar refractivity (Wildman–Crippen MR) is 77.8 cm³/mol. The maximum Gasteiger partial charge on any atom is 0.311 e. The second-order valence-corrected chi connectivity index (χ2v) is 3.54. The maximum atomic E-state index is 10.8. The first-order valence-electron chi connectivity index (χ1n) is 6.94. The van der Waals surface area contributed by atoms with E-state index in [1.54, 1.807) is 0 Å². The van der Waals surface area contributed by atoms with Crippen molar-refractivity contribution >= 4 is 12.3 Å². The van der Waals surface area contributed by atoms with Gasteiger partial charge in [0.25, 0.3) is 0 Å². The van der Waals surface area contributed by atoms with Gasteiger partial charge in [0.15, 0.2) is 0 Å². The van der Waals surface area contributed by atoms with Gasteiger partial charge in [0.05, 0.1) is 5.92 Å². The third-order valence-electron chi connectivity index (χ3n) is 1.95. The van der Waals surface area contributed by atoms with E-state index in [-0.39, 0.29) is 6.42 Å². The number of rotatable bonds is 6. The molecule has 108 valence electrons. The van der Waals surface area contributed by atoms with Gasteiger partial charge in [-0.15, -0.1) is 0 Å². The zero-order valence-corrected chi connectivity index (χ0v) is 12.8. The quantitative estimate of drug-likeness (QED) is 0.565. The van der Waals surface area contributed by atoms with Crippen molar-refractivity contribution in [1.82, 2.24) is 0 Å². The van der Waals surface area contributed by atoms with Crippen LogP contribution in [-0.2, 0) is 9.59 Å². The van der Waals surface area contributed by atoms with Crippen molar-refractivity contribution in [1.29, 1.82) is 0 Å². The number of carbonyl (C=O) groups is 2. The zero-order chi connectivity index (χ0) is 15.0. The number of aldehydes is 1. The smallest absolute Gasteiger partial charge is 0.311 e. The second kappa shape index (κ2) is 18.3. The van der Waals surface area contributed by atoms with Crippen LogP contribution in [0.4, 0.5) is 0 Å². The molecule has 0 amide bonds. The van der Waals surface area contributed by atoms with Crippen LogP contribution in [0.3, 0.4) is 0 Å². The van der Waals surface area contributed by atoms with Crippen LogP contribution in [0.5, 0.6) is 0 Å². The fourth-order valence-corrected chi connectivity index (χ4v) is 1.30. The van der Waals surface area contributed by atoms with Gasteiger partial charge < -0.3 is 9.90 Å². The summed E-state index contributed by atoms with van der Waals surface area (Å²) in [7, 11) is 0. The second-order valence-electron chi connectivity index (χ2n) is 3.54. The molecular weight excluding hydrogens is 228 g/mol. The maximum absolute atomic E-state index is 10.8. The Kier molecular flexibility index (Phi) is 22.4. The van der Waals surface area contributed by atoms with Crippen molar-refractivity contribution < 1.29 is 14.7 Å². The van der Waals surface area contributed by atoms with Gasteiger partial charge in [-0.3, -0.25) is 4.79 Å². The average Bonchev–Trinajstić information content (AvgIpc) is 2.36. The van der Waals surface area contributed by atoms with E-state index in [4.69, 9.17) is 5.11 Å². The molecule has 0 aliphatic heterocycles. The highest BCUT2D eigenvalue weighted by atomic mass is 16.4. The van der Waals surface area contributed by atoms with Crippen molar-refractivity contribution in [2.75, 3.05) is 0 Å². The van der Waals surface area contributed by atoms with Crippen LogP contribution in [0.25, 0.3) is 0 Å². The molecule has 0 spiro atoms. The van der Waals surface area contributed by atoms with Crippen molar-refractivity contribution in [2.45, 2.75) is 67.2 Å². The van der Waals surface area contributed by atoms with E-state index in [1.807, 2.05) is 33.8 Å². The molecule has 18 heavy (non-hydrogen) atoms. The Bertz CT molecular complexity index is 220. The predicted octanol–water partition coefficient (Wildman–Crippen LogP) is 4.47. The van der Waals surface area contributed by atoms with Crippen LogP contribution in [0.1, 0.15) is 67.2 Å².